The third-order valence-electron chi connectivity index (χ3n) is 5.84. The minimum absolute atomic E-state index is 0.0388. The molecule has 0 radical (unpaired) electrons. The smallest absolute Gasteiger partial charge is 0.254 e. The van der Waals surface area contributed by atoms with Crippen LogP contribution in [0.5, 0.6) is 0 Å². The van der Waals surface area contributed by atoms with E-state index in [1.165, 1.54) is 18.4 Å². The van der Waals surface area contributed by atoms with Crippen LogP contribution in [0.4, 0.5) is 0 Å². The minimum Gasteiger partial charge on any atom is -0.396 e. The number of fused-ring (bicyclic) bond motifs is 3. The molecule has 2 N–H and O–H groups in total. The molecule has 2 fully saturated rings. The van der Waals surface area contributed by atoms with Gasteiger partial charge in [0, 0.05) is 18.6 Å². The summed E-state index contributed by atoms with van der Waals surface area (Å²) in [5.41, 5.74) is 2.20. The zero-order valence-corrected chi connectivity index (χ0v) is 12.7. The Kier molecular flexibility index (Phi) is 3.66. The molecule has 22 heavy (non-hydrogen) atoms. The molecule has 2 aliphatic carbocycles. The van der Waals surface area contributed by atoms with Crippen molar-refractivity contribution in [3.05, 3.63) is 35.4 Å². The largest absolute Gasteiger partial charge is 0.396 e. The molecule has 4 nitrogen and oxygen atoms in total. The van der Waals surface area contributed by atoms with Crippen molar-refractivity contribution < 1.29 is 14.6 Å². The van der Waals surface area contributed by atoms with E-state index < -0.39 is 6.10 Å². The average molecular weight is 301 g/mol. The first-order valence-electron chi connectivity index (χ1n) is 8.38. The van der Waals surface area contributed by atoms with Crippen LogP contribution in [0.1, 0.15) is 36.5 Å². The number of benzene rings is 1. The zero-order valence-electron chi connectivity index (χ0n) is 12.7. The normalized spacial score (nSPS) is 36.1. The highest BCUT2D eigenvalue weighted by Gasteiger charge is 2.48. The molecule has 4 rings (SSSR count). The number of aliphatic hydroxyl groups is 1. The number of aliphatic hydroxyl groups excluding tert-OH is 1. The Morgan fingerprint density at radius 2 is 2.09 bits per heavy atom. The predicted octanol–water partition coefficient (Wildman–Crippen LogP) is 1.82. The first-order chi connectivity index (χ1) is 10.8. The van der Waals surface area contributed by atoms with Crippen LogP contribution >= 0.6 is 0 Å². The van der Waals surface area contributed by atoms with Crippen LogP contribution < -0.4 is 5.32 Å². The summed E-state index contributed by atoms with van der Waals surface area (Å²) >= 11 is 0. The highest BCUT2D eigenvalue weighted by atomic mass is 16.5. The van der Waals surface area contributed by atoms with Crippen molar-refractivity contribution in [3.63, 3.8) is 0 Å². The summed E-state index contributed by atoms with van der Waals surface area (Å²) in [5, 5.41) is 12.9. The van der Waals surface area contributed by atoms with Crippen LogP contribution in [0.2, 0.25) is 0 Å². The molecule has 1 aromatic rings. The quantitative estimate of drug-likeness (QED) is 0.895. The van der Waals surface area contributed by atoms with Gasteiger partial charge in [0.25, 0.3) is 5.91 Å². The summed E-state index contributed by atoms with van der Waals surface area (Å²) in [5.74, 6) is 1.30. The van der Waals surface area contributed by atoms with E-state index in [-0.39, 0.29) is 24.5 Å². The lowest BCUT2D eigenvalue weighted by molar-refractivity contribution is -0.135. The second kappa shape index (κ2) is 5.67. The van der Waals surface area contributed by atoms with E-state index in [0.717, 1.165) is 18.4 Å². The lowest BCUT2D eigenvalue weighted by atomic mass is 9.84. The lowest BCUT2D eigenvalue weighted by Gasteiger charge is -2.33. The van der Waals surface area contributed by atoms with Crippen LogP contribution in [0.15, 0.2) is 24.3 Å². The van der Waals surface area contributed by atoms with Crippen molar-refractivity contribution in [2.45, 2.75) is 37.8 Å². The van der Waals surface area contributed by atoms with E-state index in [9.17, 15) is 9.90 Å². The van der Waals surface area contributed by atoms with E-state index in [1.807, 2.05) is 18.2 Å². The predicted molar refractivity (Wildman–Crippen MR) is 82.2 cm³/mol. The number of carbonyl (C=O) groups excluding carboxylic acids is 1. The number of hydrogen-bond acceptors (Lipinski definition) is 3. The van der Waals surface area contributed by atoms with Crippen molar-refractivity contribution in [3.8, 4) is 0 Å². The number of hydrogen-bond donors (Lipinski definition) is 2. The summed E-state index contributed by atoms with van der Waals surface area (Å²) < 4.78 is 5.75. The van der Waals surface area contributed by atoms with Gasteiger partial charge in [0.2, 0.25) is 0 Å². The first kappa shape index (κ1) is 14.2. The van der Waals surface area contributed by atoms with Gasteiger partial charge >= 0.3 is 0 Å². The van der Waals surface area contributed by atoms with Crippen molar-refractivity contribution in [1.82, 2.24) is 5.32 Å². The van der Waals surface area contributed by atoms with Crippen molar-refractivity contribution in [2.24, 2.45) is 17.8 Å². The van der Waals surface area contributed by atoms with Crippen molar-refractivity contribution in [1.29, 1.82) is 0 Å². The van der Waals surface area contributed by atoms with Crippen molar-refractivity contribution >= 4 is 5.91 Å². The van der Waals surface area contributed by atoms with Gasteiger partial charge in [0.05, 0.1) is 6.61 Å². The molecule has 2 saturated carbocycles. The molecule has 3 aliphatic rings. The number of ether oxygens (including phenoxy) is 1. The third kappa shape index (κ3) is 2.25. The molecule has 1 aliphatic heterocycles. The number of nitrogens with one attached hydrogen (secondary N) is 1. The molecule has 1 heterocycles. The molecule has 1 amide bonds. The maximum absolute atomic E-state index is 12.7. The topological polar surface area (TPSA) is 58.6 Å². The average Bonchev–Trinajstić information content (AvgIpc) is 3.15. The summed E-state index contributed by atoms with van der Waals surface area (Å²) in [6.45, 7) is 0.767. The van der Waals surface area contributed by atoms with Gasteiger partial charge in [-0.05, 0) is 48.6 Å². The second-order valence-corrected chi connectivity index (χ2v) is 6.91. The zero-order chi connectivity index (χ0) is 15.1. The number of carbonyl (C=O) groups is 1. The fourth-order valence-corrected chi connectivity index (χ4v) is 4.75. The van der Waals surface area contributed by atoms with Crippen molar-refractivity contribution in [2.75, 3.05) is 13.2 Å². The molecule has 0 aromatic heterocycles. The molecule has 0 spiro atoms. The summed E-state index contributed by atoms with van der Waals surface area (Å²) in [6.07, 6.45) is 3.90. The molecule has 0 saturated heterocycles. The highest BCUT2D eigenvalue weighted by molar-refractivity contribution is 5.83. The van der Waals surface area contributed by atoms with Gasteiger partial charge in [-0.15, -0.1) is 0 Å². The summed E-state index contributed by atoms with van der Waals surface area (Å²) in [6, 6.07) is 8.16. The molecular formula is C18H23NO3. The Hall–Kier alpha value is -1.39. The van der Waals surface area contributed by atoms with Crippen LogP contribution in [0, 0.1) is 17.8 Å². The highest BCUT2D eigenvalue weighted by Crippen LogP contribution is 2.48. The Bertz CT molecular complexity index is 573. The maximum Gasteiger partial charge on any atom is 0.254 e. The Morgan fingerprint density at radius 3 is 2.95 bits per heavy atom. The molecule has 4 heteroatoms. The maximum atomic E-state index is 12.7. The minimum atomic E-state index is -0.497. The molecular weight excluding hydrogens is 278 g/mol. The fourth-order valence-electron chi connectivity index (χ4n) is 4.75. The first-order valence-corrected chi connectivity index (χ1v) is 8.38. The summed E-state index contributed by atoms with van der Waals surface area (Å²) in [4.78, 5) is 12.7. The van der Waals surface area contributed by atoms with Gasteiger partial charge in [-0.2, -0.15) is 0 Å². The van der Waals surface area contributed by atoms with E-state index in [1.54, 1.807) is 0 Å². The molecule has 1 aromatic carbocycles. The van der Waals surface area contributed by atoms with Gasteiger partial charge in [0.1, 0.15) is 0 Å². The Morgan fingerprint density at radius 1 is 1.27 bits per heavy atom. The van der Waals surface area contributed by atoms with E-state index in [0.29, 0.717) is 18.4 Å². The van der Waals surface area contributed by atoms with Gasteiger partial charge in [-0.3, -0.25) is 4.79 Å². The lowest BCUT2D eigenvalue weighted by Crippen LogP contribution is -2.47. The Labute approximate surface area is 130 Å². The fraction of sp³-hybridized carbons (Fsp3) is 0.611. The number of rotatable bonds is 3. The van der Waals surface area contributed by atoms with Crippen LogP contribution in [0.25, 0.3) is 0 Å². The molecule has 118 valence electrons. The van der Waals surface area contributed by atoms with Crippen LogP contribution in [-0.4, -0.2) is 30.3 Å². The van der Waals surface area contributed by atoms with Gasteiger partial charge < -0.3 is 15.2 Å². The van der Waals surface area contributed by atoms with Crippen LogP contribution in [0.3, 0.4) is 0 Å². The third-order valence-corrected chi connectivity index (χ3v) is 5.84. The van der Waals surface area contributed by atoms with Crippen LogP contribution in [-0.2, 0) is 16.0 Å². The van der Waals surface area contributed by atoms with E-state index >= 15 is 0 Å². The standard InChI is InChI=1S/C18H23NO3/c20-10-15-12-5-6-13(9-12)16(15)19-18(21)17-14-4-2-1-3-11(14)7-8-22-17/h1-4,12-13,15-17,20H,5-10H2,(H,19,21). The van der Waals surface area contributed by atoms with E-state index in [2.05, 4.69) is 11.4 Å². The Balaban J connectivity index is 1.51. The van der Waals surface area contributed by atoms with Gasteiger partial charge in [-0.25, -0.2) is 0 Å². The van der Waals surface area contributed by atoms with Gasteiger partial charge in [-0.1, -0.05) is 24.3 Å². The molecule has 5 unspecified atom stereocenters. The summed E-state index contributed by atoms with van der Waals surface area (Å²) in [7, 11) is 0. The van der Waals surface area contributed by atoms with E-state index in [4.69, 9.17) is 4.74 Å². The molecule has 5 atom stereocenters. The second-order valence-electron chi connectivity index (χ2n) is 6.91. The van der Waals surface area contributed by atoms with Gasteiger partial charge in [0.15, 0.2) is 6.10 Å². The monoisotopic (exact) mass is 301 g/mol. The number of amides is 1. The SMILES string of the molecule is O=C(NC1C2CCC(C2)C1CO)C1OCCc2ccccc21. The molecule has 2 bridgehead atoms.